The van der Waals surface area contributed by atoms with Crippen molar-refractivity contribution in [3.63, 3.8) is 0 Å². The Bertz CT molecular complexity index is 491. The zero-order valence-electron chi connectivity index (χ0n) is 10.7. The molecule has 0 aliphatic carbocycles. The van der Waals surface area contributed by atoms with Crippen molar-refractivity contribution in [2.24, 2.45) is 0 Å². The summed E-state index contributed by atoms with van der Waals surface area (Å²) in [6.45, 7) is 3.70. The second-order valence-corrected chi connectivity index (χ2v) is 4.32. The van der Waals surface area contributed by atoms with Crippen LogP contribution in [-0.2, 0) is 4.79 Å². The fourth-order valence-corrected chi connectivity index (χ4v) is 1.76. The third-order valence-corrected chi connectivity index (χ3v) is 2.63. The molecule has 0 atom stereocenters. The van der Waals surface area contributed by atoms with E-state index in [2.05, 4.69) is 0 Å². The molecule has 0 saturated carbocycles. The third-order valence-electron chi connectivity index (χ3n) is 2.63. The molecule has 0 aromatic heterocycles. The van der Waals surface area contributed by atoms with Gasteiger partial charge in [-0.2, -0.15) is 0 Å². The maximum absolute atomic E-state index is 13.1. The van der Waals surface area contributed by atoms with Gasteiger partial charge in [-0.05, 0) is 26.0 Å². The Morgan fingerprint density at radius 3 is 2.63 bits per heavy atom. The molecule has 0 aliphatic rings. The van der Waals surface area contributed by atoms with Crippen molar-refractivity contribution in [3.8, 4) is 0 Å². The van der Waals surface area contributed by atoms with Crippen LogP contribution in [0.15, 0.2) is 18.2 Å². The maximum atomic E-state index is 13.1. The lowest BCUT2D eigenvalue weighted by atomic mass is 10.2. The molecule has 1 aromatic rings. The highest BCUT2D eigenvalue weighted by Crippen LogP contribution is 2.30. The van der Waals surface area contributed by atoms with Gasteiger partial charge in [0.15, 0.2) is 0 Å². The summed E-state index contributed by atoms with van der Waals surface area (Å²) in [6.07, 6.45) is -0.146. The molecule has 7 heteroatoms. The Morgan fingerprint density at radius 2 is 2.16 bits per heavy atom. The van der Waals surface area contributed by atoms with E-state index in [4.69, 9.17) is 5.11 Å². The van der Waals surface area contributed by atoms with Crippen molar-refractivity contribution >= 4 is 17.3 Å². The largest absolute Gasteiger partial charge is 0.481 e. The minimum atomic E-state index is -0.990. The highest BCUT2D eigenvalue weighted by molar-refractivity contribution is 5.69. The quantitative estimate of drug-likeness (QED) is 0.634. The van der Waals surface area contributed by atoms with Crippen molar-refractivity contribution in [2.75, 3.05) is 11.4 Å². The van der Waals surface area contributed by atoms with Crippen molar-refractivity contribution in [3.05, 3.63) is 34.1 Å². The average Bonchev–Trinajstić information content (AvgIpc) is 2.29. The number of carbonyl (C=O) groups is 1. The van der Waals surface area contributed by atoms with Crippen LogP contribution in [0.2, 0.25) is 0 Å². The van der Waals surface area contributed by atoms with Gasteiger partial charge in [-0.25, -0.2) is 4.39 Å². The second kappa shape index (κ2) is 6.12. The van der Waals surface area contributed by atoms with E-state index in [9.17, 15) is 19.3 Å². The lowest BCUT2D eigenvalue weighted by Crippen LogP contribution is -2.33. The van der Waals surface area contributed by atoms with E-state index in [1.807, 2.05) is 0 Å². The molecule has 0 bridgehead atoms. The number of rotatable bonds is 6. The minimum absolute atomic E-state index is 0.124. The minimum Gasteiger partial charge on any atom is -0.481 e. The molecule has 0 spiro atoms. The second-order valence-electron chi connectivity index (χ2n) is 4.32. The molecule has 0 heterocycles. The van der Waals surface area contributed by atoms with Crippen LogP contribution >= 0.6 is 0 Å². The molecule has 1 N–H and O–H groups in total. The molecule has 0 amide bonds. The van der Waals surface area contributed by atoms with Gasteiger partial charge in [-0.15, -0.1) is 0 Å². The third kappa shape index (κ3) is 3.90. The van der Waals surface area contributed by atoms with Crippen molar-refractivity contribution in [1.29, 1.82) is 0 Å². The number of carboxylic acids is 1. The van der Waals surface area contributed by atoms with Gasteiger partial charge >= 0.3 is 5.97 Å². The molecule has 0 radical (unpaired) electrons. The maximum Gasteiger partial charge on any atom is 0.305 e. The molecule has 0 fully saturated rings. The van der Waals surface area contributed by atoms with E-state index in [0.29, 0.717) is 0 Å². The summed E-state index contributed by atoms with van der Waals surface area (Å²) in [6, 6.07) is 3.13. The normalized spacial score (nSPS) is 10.5. The molecule has 6 nitrogen and oxygen atoms in total. The number of benzene rings is 1. The predicted molar refractivity (Wildman–Crippen MR) is 67.8 cm³/mol. The van der Waals surface area contributed by atoms with Crippen molar-refractivity contribution in [2.45, 2.75) is 26.3 Å². The molecule has 1 rings (SSSR count). The number of nitro benzene ring substituents is 1. The Balaban J connectivity index is 3.14. The number of hydrogen-bond donors (Lipinski definition) is 1. The van der Waals surface area contributed by atoms with Crippen LogP contribution in [-0.4, -0.2) is 28.6 Å². The number of anilines is 1. The topological polar surface area (TPSA) is 83.7 Å². The molecule has 104 valence electrons. The molecule has 1 aromatic carbocycles. The number of nitro groups is 1. The first-order valence-electron chi connectivity index (χ1n) is 5.75. The summed E-state index contributed by atoms with van der Waals surface area (Å²) in [4.78, 5) is 22.4. The smallest absolute Gasteiger partial charge is 0.305 e. The number of nitrogens with zero attached hydrogens (tertiary/aromatic N) is 2. The van der Waals surface area contributed by atoms with Gasteiger partial charge in [0.2, 0.25) is 0 Å². The Morgan fingerprint density at radius 1 is 1.53 bits per heavy atom. The monoisotopic (exact) mass is 270 g/mol. The molecule has 0 saturated heterocycles. The summed E-state index contributed by atoms with van der Waals surface area (Å²) >= 11 is 0. The number of aliphatic carboxylic acids is 1. The van der Waals surface area contributed by atoms with Crippen molar-refractivity contribution < 1.29 is 19.2 Å². The lowest BCUT2D eigenvalue weighted by Gasteiger charge is -2.28. The summed E-state index contributed by atoms with van der Waals surface area (Å²) in [5.74, 6) is -1.69. The first-order chi connectivity index (χ1) is 8.82. The van der Waals surface area contributed by atoms with Gasteiger partial charge in [0.1, 0.15) is 11.5 Å². The fraction of sp³-hybridized carbons (Fsp3) is 0.417. The predicted octanol–water partition coefficient (Wildman–Crippen LogP) is 2.42. The van der Waals surface area contributed by atoms with Crippen LogP contribution in [0, 0.1) is 15.9 Å². The highest BCUT2D eigenvalue weighted by atomic mass is 19.1. The molecule has 0 unspecified atom stereocenters. The lowest BCUT2D eigenvalue weighted by molar-refractivity contribution is -0.384. The van der Waals surface area contributed by atoms with Crippen LogP contribution in [0.5, 0.6) is 0 Å². The van der Waals surface area contributed by atoms with Crippen LogP contribution in [0.25, 0.3) is 0 Å². The van der Waals surface area contributed by atoms with Gasteiger partial charge in [0.25, 0.3) is 5.69 Å². The van der Waals surface area contributed by atoms with E-state index < -0.39 is 16.7 Å². The van der Waals surface area contributed by atoms with Crippen LogP contribution in [0.3, 0.4) is 0 Å². The summed E-state index contributed by atoms with van der Waals surface area (Å²) < 4.78 is 13.1. The fourth-order valence-electron chi connectivity index (χ4n) is 1.76. The molecular formula is C12H15FN2O4. The first-order valence-corrected chi connectivity index (χ1v) is 5.75. The Kier molecular flexibility index (Phi) is 4.80. The van der Waals surface area contributed by atoms with Gasteiger partial charge in [-0.3, -0.25) is 14.9 Å². The van der Waals surface area contributed by atoms with Gasteiger partial charge in [-0.1, -0.05) is 0 Å². The zero-order chi connectivity index (χ0) is 14.6. The van der Waals surface area contributed by atoms with Gasteiger partial charge < -0.3 is 10.0 Å². The van der Waals surface area contributed by atoms with Crippen LogP contribution in [0.4, 0.5) is 15.8 Å². The molecule has 19 heavy (non-hydrogen) atoms. The highest BCUT2D eigenvalue weighted by Gasteiger charge is 2.22. The molecular weight excluding hydrogens is 255 g/mol. The zero-order valence-corrected chi connectivity index (χ0v) is 10.7. The van der Waals surface area contributed by atoms with E-state index in [-0.39, 0.29) is 30.4 Å². The van der Waals surface area contributed by atoms with Crippen LogP contribution in [0.1, 0.15) is 20.3 Å². The van der Waals surface area contributed by atoms with Crippen LogP contribution < -0.4 is 4.90 Å². The number of carboxylic acid groups (broad SMARTS) is 1. The van der Waals surface area contributed by atoms with E-state index in [1.54, 1.807) is 18.7 Å². The van der Waals surface area contributed by atoms with Crippen molar-refractivity contribution in [1.82, 2.24) is 0 Å². The average molecular weight is 270 g/mol. The van der Waals surface area contributed by atoms with E-state index in [0.717, 1.165) is 12.1 Å². The van der Waals surface area contributed by atoms with E-state index in [1.165, 1.54) is 6.07 Å². The number of hydrogen-bond acceptors (Lipinski definition) is 4. The van der Waals surface area contributed by atoms with E-state index >= 15 is 0 Å². The number of halogens is 1. The standard InChI is InChI=1S/C12H15FN2O4/c1-8(2)14(6-5-12(16)17)10-4-3-9(13)7-11(10)15(18)19/h3-4,7-8H,5-6H2,1-2H3,(H,16,17). The molecule has 0 aliphatic heterocycles. The van der Waals surface area contributed by atoms with Gasteiger partial charge in [0, 0.05) is 12.6 Å². The Hall–Kier alpha value is -2.18. The summed E-state index contributed by atoms with van der Waals surface area (Å²) in [5, 5.41) is 19.6. The first kappa shape index (κ1) is 14.9. The SMILES string of the molecule is CC(C)N(CCC(=O)O)c1ccc(F)cc1[N+](=O)[O-]. The Labute approximate surface area is 109 Å². The summed E-state index contributed by atoms with van der Waals surface area (Å²) in [5.41, 5.74) is -0.137. The van der Waals surface area contributed by atoms with Gasteiger partial charge in [0.05, 0.1) is 17.4 Å². The summed E-state index contributed by atoms with van der Waals surface area (Å²) in [7, 11) is 0.